The molecule has 1 heterocycles. The van der Waals surface area contributed by atoms with Crippen LogP contribution in [0.25, 0.3) is 6.08 Å². The molecule has 1 N–H and O–H groups in total. The van der Waals surface area contributed by atoms with Gasteiger partial charge in [-0.25, -0.2) is 9.69 Å². The standard InChI is InChI=1S/C25H17Cl3N2O3/c1-14-6-9-18(26)13-22(14)30-24(32)19(23(31)29-25(30)33)10-15-7-8-17(21(28)11-15)12-16-4-2-3-5-20(16)27/h2-11,13H,12H2,1H3,(H,29,31,33)/b19-10+. The fraction of sp³-hybridized carbons (Fsp3) is 0.0800. The third-order valence-corrected chi connectivity index (χ3v) is 6.20. The van der Waals surface area contributed by atoms with Gasteiger partial charge in [0.1, 0.15) is 5.57 Å². The van der Waals surface area contributed by atoms with Gasteiger partial charge in [0.05, 0.1) is 5.69 Å². The van der Waals surface area contributed by atoms with Gasteiger partial charge in [-0.1, -0.05) is 71.2 Å². The normalized spacial score (nSPS) is 15.2. The zero-order valence-electron chi connectivity index (χ0n) is 17.4. The lowest BCUT2D eigenvalue weighted by Gasteiger charge is -2.27. The quantitative estimate of drug-likeness (QED) is 0.343. The number of rotatable bonds is 4. The molecule has 166 valence electrons. The van der Waals surface area contributed by atoms with E-state index in [0.29, 0.717) is 38.3 Å². The zero-order valence-corrected chi connectivity index (χ0v) is 19.6. The van der Waals surface area contributed by atoms with Gasteiger partial charge < -0.3 is 0 Å². The van der Waals surface area contributed by atoms with Crippen LogP contribution in [0.3, 0.4) is 0 Å². The summed E-state index contributed by atoms with van der Waals surface area (Å²) >= 11 is 18.8. The lowest BCUT2D eigenvalue weighted by molar-refractivity contribution is -0.122. The first-order valence-electron chi connectivity index (χ1n) is 9.94. The Labute approximate surface area is 205 Å². The second kappa shape index (κ2) is 9.40. The number of imide groups is 2. The molecule has 0 saturated carbocycles. The minimum atomic E-state index is -0.833. The van der Waals surface area contributed by atoms with Crippen molar-refractivity contribution in [3.63, 3.8) is 0 Å². The first-order valence-corrected chi connectivity index (χ1v) is 11.1. The Morgan fingerprint density at radius 2 is 1.61 bits per heavy atom. The van der Waals surface area contributed by atoms with E-state index in [9.17, 15) is 14.4 Å². The molecule has 1 aliphatic rings. The number of halogens is 3. The highest BCUT2D eigenvalue weighted by Crippen LogP contribution is 2.29. The van der Waals surface area contributed by atoms with Crippen molar-refractivity contribution < 1.29 is 14.4 Å². The summed E-state index contributed by atoms with van der Waals surface area (Å²) in [6.07, 6.45) is 1.94. The van der Waals surface area contributed by atoms with E-state index in [2.05, 4.69) is 5.32 Å². The molecule has 1 aliphatic heterocycles. The number of carbonyl (C=O) groups excluding carboxylic acids is 3. The number of benzene rings is 3. The van der Waals surface area contributed by atoms with Crippen LogP contribution in [0.15, 0.2) is 66.2 Å². The number of amides is 4. The van der Waals surface area contributed by atoms with Gasteiger partial charge in [-0.2, -0.15) is 0 Å². The molecule has 3 aromatic rings. The molecule has 0 unspecified atom stereocenters. The van der Waals surface area contributed by atoms with Crippen LogP contribution >= 0.6 is 34.8 Å². The van der Waals surface area contributed by atoms with E-state index in [1.54, 1.807) is 31.2 Å². The van der Waals surface area contributed by atoms with Gasteiger partial charge >= 0.3 is 6.03 Å². The molecule has 4 rings (SSSR count). The Morgan fingerprint density at radius 3 is 2.33 bits per heavy atom. The molecule has 0 atom stereocenters. The Balaban J connectivity index is 1.66. The summed E-state index contributed by atoms with van der Waals surface area (Å²) < 4.78 is 0. The Bertz CT molecular complexity index is 1330. The third kappa shape index (κ3) is 4.81. The minimum Gasteiger partial charge on any atom is -0.273 e. The van der Waals surface area contributed by atoms with E-state index in [1.165, 1.54) is 12.1 Å². The van der Waals surface area contributed by atoms with E-state index in [-0.39, 0.29) is 5.57 Å². The molecule has 8 heteroatoms. The number of urea groups is 1. The maximum atomic E-state index is 13.1. The first-order chi connectivity index (χ1) is 15.7. The fourth-order valence-corrected chi connectivity index (χ4v) is 4.13. The largest absolute Gasteiger partial charge is 0.335 e. The molecule has 33 heavy (non-hydrogen) atoms. The number of aryl methyl sites for hydroxylation is 1. The molecule has 0 aromatic heterocycles. The van der Waals surface area contributed by atoms with Crippen LogP contribution in [-0.2, 0) is 16.0 Å². The summed E-state index contributed by atoms with van der Waals surface area (Å²) in [4.78, 5) is 38.9. The Kier molecular flexibility index (Phi) is 6.56. The van der Waals surface area contributed by atoms with Gasteiger partial charge in [-0.05, 0) is 59.5 Å². The van der Waals surface area contributed by atoms with Gasteiger partial charge in [0, 0.05) is 21.5 Å². The molecule has 5 nitrogen and oxygen atoms in total. The van der Waals surface area contributed by atoms with Crippen molar-refractivity contribution in [3.05, 3.63) is 104 Å². The van der Waals surface area contributed by atoms with Crippen molar-refractivity contribution in [2.24, 2.45) is 0 Å². The monoisotopic (exact) mass is 498 g/mol. The highest BCUT2D eigenvalue weighted by molar-refractivity contribution is 6.40. The molecule has 1 saturated heterocycles. The minimum absolute atomic E-state index is 0.191. The lowest BCUT2D eigenvalue weighted by atomic mass is 10.0. The number of carbonyl (C=O) groups is 3. The SMILES string of the molecule is Cc1ccc(Cl)cc1N1C(=O)NC(=O)/C(=C\c2ccc(Cc3ccccc3Cl)c(Cl)c2)C1=O. The maximum absolute atomic E-state index is 13.1. The summed E-state index contributed by atoms with van der Waals surface area (Å²) in [5.41, 5.74) is 3.08. The van der Waals surface area contributed by atoms with E-state index < -0.39 is 17.8 Å². The van der Waals surface area contributed by atoms with E-state index in [4.69, 9.17) is 34.8 Å². The van der Waals surface area contributed by atoms with Crippen LogP contribution in [-0.4, -0.2) is 17.8 Å². The number of anilines is 1. The predicted molar refractivity (Wildman–Crippen MR) is 131 cm³/mol. The number of hydrogen-bond acceptors (Lipinski definition) is 3. The zero-order chi connectivity index (χ0) is 23.7. The van der Waals surface area contributed by atoms with Crippen LogP contribution in [0.2, 0.25) is 15.1 Å². The second-order valence-corrected chi connectivity index (χ2v) is 8.76. The molecule has 4 amide bonds. The van der Waals surface area contributed by atoms with Crippen molar-refractivity contribution in [3.8, 4) is 0 Å². The second-order valence-electron chi connectivity index (χ2n) is 7.51. The average molecular weight is 500 g/mol. The maximum Gasteiger partial charge on any atom is 0.335 e. The highest BCUT2D eigenvalue weighted by atomic mass is 35.5. The van der Waals surface area contributed by atoms with Crippen molar-refractivity contribution >= 4 is 64.4 Å². The summed E-state index contributed by atoms with van der Waals surface area (Å²) in [5.74, 6) is -1.53. The Hall–Kier alpha value is -3.12. The smallest absolute Gasteiger partial charge is 0.273 e. The van der Waals surface area contributed by atoms with Crippen molar-refractivity contribution in [1.82, 2.24) is 5.32 Å². The fourth-order valence-electron chi connectivity index (χ4n) is 3.51. The molecule has 3 aromatic carbocycles. The van der Waals surface area contributed by atoms with Crippen molar-refractivity contribution in [1.29, 1.82) is 0 Å². The van der Waals surface area contributed by atoms with Gasteiger partial charge in [-0.15, -0.1) is 0 Å². The van der Waals surface area contributed by atoms with Crippen LogP contribution in [0, 0.1) is 6.92 Å². The summed E-state index contributed by atoms with van der Waals surface area (Å²) in [7, 11) is 0. The average Bonchev–Trinajstić information content (AvgIpc) is 2.76. The lowest BCUT2D eigenvalue weighted by Crippen LogP contribution is -2.54. The first kappa shape index (κ1) is 23.1. The van der Waals surface area contributed by atoms with E-state index in [0.717, 1.165) is 16.0 Å². The number of barbiturate groups is 1. The van der Waals surface area contributed by atoms with E-state index in [1.807, 2.05) is 30.3 Å². The molecular formula is C25H17Cl3N2O3. The number of nitrogens with one attached hydrogen (secondary N) is 1. The summed E-state index contributed by atoms with van der Waals surface area (Å²) in [5, 5.41) is 3.68. The topological polar surface area (TPSA) is 66.5 Å². The summed E-state index contributed by atoms with van der Waals surface area (Å²) in [6, 6.07) is 16.7. The van der Waals surface area contributed by atoms with E-state index >= 15 is 0 Å². The van der Waals surface area contributed by atoms with Gasteiger partial charge in [0.25, 0.3) is 11.8 Å². The highest BCUT2D eigenvalue weighted by Gasteiger charge is 2.37. The molecule has 0 aliphatic carbocycles. The Morgan fingerprint density at radius 1 is 0.879 bits per heavy atom. The molecule has 0 radical (unpaired) electrons. The predicted octanol–water partition coefficient (Wildman–Crippen LogP) is 6.21. The van der Waals surface area contributed by atoms with Gasteiger partial charge in [0.15, 0.2) is 0 Å². The molecule has 1 fully saturated rings. The molecule has 0 spiro atoms. The van der Waals surface area contributed by atoms with Crippen LogP contribution in [0.5, 0.6) is 0 Å². The van der Waals surface area contributed by atoms with Crippen molar-refractivity contribution in [2.45, 2.75) is 13.3 Å². The van der Waals surface area contributed by atoms with Crippen LogP contribution < -0.4 is 10.2 Å². The number of hydrogen-bond donors (Lipinski definition) is 1. The molecule has 0 bridgehead atoms. The molecular weight excluding hydrogens is 483 g/mol. The van der Waals surface area contributed by atoms with Crippen LogP contribution in [0.1, 0.15) is 22.3 Å². The van der Waals surface area contributed by atoms with Gasteiger partial charge in [-0.3, -0.25) is 14.9 Å². The number of nitrogens with zero attached hydrogens (tertiary/aromatic N) is 1. The summed E-state index contributed by atoms with van der Waals surface area (Å²) in [6.45, 7) is 1.74. The van der Waals surface area contributed by atoms with Crippen molar-refractivity contribution in [2.75, 3.05) is 4.90 Å². The third-order valence-electron chi connectivity index (χ3n) is 5.24. The van der Waals surface area contributed by atoms with Gasteiger partial charge in [0.2, 0.25) is 0 Å². The van der Waals surface area contributed by atoms with Crippen LogP contribution in [0.4, 0.5) is 10.5 Å².